The summed E-state index contributed by atoms with van der Waals surface area (Å²) in [4.78, 5) is 12.0. The van der Waals surface area contributed by atoms with Gasteiger partial charge in [0.2, 0.25) is 5.91 Å². The van der Waals surface area contributed by atoms with Crippen LogP contribution in [0.25, 0.3) is 0 Å². The number of carbonyl (C=O) groups is 1. The molecule has 0 saturated carbocycles. The fourth-order valence-corrected chi connectivity index (χ4v) is 2.78. The highest BCUT2D eigenvalue weighted by Crippen LogP contribution is 2.27. The van der Waals surface area contributed by atoms with Gasteiger partial charge in [0, 0.05) is 18.4 Å². The number of aryl methyl sites for hydroxylation is 2. The molecule has 1 aromatic carbocycles. The Morgan fingerprint density at radius 3 is 2.91 bits per heavy atom. The average Bonchev–Trinajstić information content (AvgIpc) is 3.07. The molecule has 2 heterocycles. The fraction of sp³-hybridized carbons (Fsp3) is 0.412. The number of rotatable bonds is 5. The number of carbonyl (C=O) groups excluding carboxylic acids is 1. The molecule has 2 aromatic rings. The van der Waals surface area contributed by atoms with Crippen LogP contribution < -0.4 is 10.1 Å². The standard InChI is InChI=1S/C17H20N2O3/c1-11-15(12(2)22-19-11)7-8-17(20)18-10-14-9-13-5-3-4-6-16(13)21-14/h3-6,14H,7-10H2,1-2H3,(H,18,20). The predicted molar refractivity (Wildman–Crippen MR) is 81.9 cm³/mol. The normalized spacial score (nSPS) is 16.2. The molecule has 1 aliphatic heterocycles. The molecular formula is C17H20N2O3. The summed E-state index contributed by atoms with van der Waals surface area (Å²) >= 11 is 0. The van der Waals surface area contributed by atoms with Crippen molar-refractivity contribution in [3.05, 3.63) is 46.8 Å². The van der Waals surface area contributed by atoms with Crippen LogP contribution in [-0.2, 0) is 17.6 Å². The van der Waals surface area contributed by atoms with Crippen molar-refractivity contribution in [2.45, 2.75) is 39.2 Å². The molecule has 1 atom stereocenters. The molecule has 1 aromatic heterocycles. The van der Waals surface area contributed by atoms with E-state index in [1.807, 2.05) is 32.0 Å². The summed E-state index contributed by atoms with van der Waals surface area (Å²) < 4.78 is 10.9. The summed E-state index contributed by atoms with van der Waals surface area (Å²) in [6.07, 6.45) is 1.96. The van der Waals surface area contributed by atoms with Gasteiger partial charge in [0.15, 0.2) is 0 Å². The number of nitrogens with one attached hydrogen (secondary N) is 1. The Kier molecular flexibility index (Phi) is 4.13. The summed E-state index contributed by atoms with van der Waals surface area (Å²) in [5.74, 6) is 1.75. The SMILES string of the molecule is Cc1noc(C)c1CCC(=O)NCC1Cc2ccccc2O1. The van der Waals surface area contributed by atoms with Crippen molar-refractivity contribution in [2.24, 2.45) is 0 Å². The molecule has 1 amide bonds. The fourth-order valence-electron chi connectivity index (χ4n) is 2.78. The van der Waals surface area contributed by atoms with E-state index in [1.54, 1.807) is 0 Å². The van der Waals surface area contributed by atoms with Gasteiger partial charge in [-0.05, 0) is 31.9 Å². The third-order valence-corrected chi connectivity index (χ3v) is 4.02. The van der Waals surface area contributed by atoms with Crippen molar-refractivity contribution in [1.82, 2.24) is 10.5 Å². The first kappa shape index (κ1) is 14.6. The Hall–Kier alpha value is -2.30. The average molecular weight is 300 g/mol. The summed E-state index contributed by atoms with van der Waals surface area (Å²) in [6.45, 7) is 4.30. The van der Waals surface area contributed by atoms with Crippen LogP contribution in [0, 0.1) is 13.8 Å². The summed E-state index contributed by atoms with van der Waals surface area (Å²) in [7, 11) is 0. The zero-order chi connectivity index (χ0) is 15.5. The number of hydrogen-bond acceptors (Lipinski definition) is 4. The van der Waals surface area contributed by atoms with Crippen molar-refractivity contribution < 1.29 is 14.1 Å². The van der Waals surface area contributed by atoms with Gasteiger partial charge in [-0.25, -0.2) is 0 Å². The Balaban J connectivity index is 1.44. The van der Waals surface area contributed by atoms with Crippen molar-refractivity contribution in [3.8, 4) is 5.75 Å². The monoisotopic (exact) mass is 300 g/mol. The molecule has 5 nitrogen and oxygen atoms in total. The van der Waals surface area contributed by atoms with Crippen molar-refractivity contribution in [3.63, 3.8) is 0 Å². The maximum atomic E-state index is 12.0. The van der Waals surface area contributed by atoms with Gasteiger partial charge >= 0.3 is 0 Å². The van der Waals surface area contributed by atoms with E-state index in [0.717, 1.165) is 29.2 Å². The molecule has 0 spiro atoms. The number of aromatic nitrogens is 1. The third-order valence-electron chi connectivity index (χ3n) is 4.02. The smallest absolute Gasteiger partial charge is 0.220 e. The van der Waals surface area contributed by atoms with E-state index in [-0.39, 0.29) is 12.0 Å². The molecule has 0 saturated heterocycles. The number of para-hydroxylation sites is 1. The van der Waals surface area contributed by atoms with Crippen LogP contribution in [0.1, 0.15) is 29.0 Å². The molecule has 22 heavy (non-hydrogen) atoms. The number of fused-ring (bicyclic) bond motifs is 1. The van der Waals surface area contributed by atoms with Crippen LogP contribution in [0.3, 0.4) is 0 Å². The van der Waals surface area contributed by atoms with E-state index in [9.17, 15) is 4.79 Å². The molecule has 3 rings (SSSR count). The lowest BCUT2D eigenvalue weighted by Gasteiger charge is -2.11. The molecule has 0 fully saturated rings. The van der Waals surface area contributed by atoms with Gasteiger partial charge in [-0.15, -0.1) is 0 Å². The van der Waals surface area contributed by atoms with E-state index < -0.39 is 0 Å². The molecule has 0 bridgehead atoms. The molecule has 1 N–H and O–H groups in total. The van der Waals surface area contributed by atoms with E-state index in [0.29, 0.717) is 19.4 Å². The van der Waals surface area contributed by atoms with Crippen molar-refractivity contribution >= 4 is 5.91 Å². The highest BCUT2D eigenvalue weighted by molar-refractivity contribution is 5.76. The van der Waals surface area contributed by atoms with Crippen LogP contribution in [0.15, 0.2) is 28.8 Å². The van der Waals surface area contributed by atoms with Crippen molar-refractivity contribution in [1.29, 1.82) is 0 Å². The maximum Gasteiger partial charge on any atom is 0.220 e. The summed E-state index contributed by atoms with van der Waals surface area (Å²) in [5.41, 5.74) is 3.09. The van der Waals surface area contributed by atoms with E-state index in [1.165, 1.54) is 5.56 Å². The minimum absolute atomic E-state index is 0.0274. The minimum Gasteiger partial charge on any atom is -0.488 e. The van der Waals surface area contributed by atoms with E-state index in [4.69, 9.17) is 9.26 Å². The molecule has 0 radical (unpaired) electrons. The Morgan fingerprint density at radius 2 is 2.18 bits per heavy atom. The largest absolute Gasteiger partial charge is 0.488 e. The second kappa shape index (κ2) is 6.22. The first-order valence-electron chi connectivity index (χ1n) is 7.56. The molecule has 116 valence electrons. The first-order valence-corrected chi connectivity index (χ1v) is 7.56. The molecular weight excluding hydrogens is 280 g/mol. The Labute approximate surface area is 129 Å². The highest BCUT2D eigenvalue weighted by Gasteiger charge is 2.22. The highest BCUT2D eigenvalue weighted by atomic mass is 16.5. The lowest BCUT2D eigenvalue weighted by Crippen LogP contribution is -2.34. The number of benzene rings is 1. The van der Waals surface area contributed by atoms with Gasteiger partial charge in [-0.3, -0.25) is 4.79 Å². The quantitative estimate of drug-likeness (QED) is 0.920. The Morgan fingerprint density at radius 1 is 1.36 bits per heavy atom. The lowest BCUT2D eigenvalue weighted by molar-refractivity contribution is -0.121. The second-order valence-corrected chi connectivity index (χ2v) is 5.66. The van der Waals surface area contributed by atoms with Crippen LogP contribution in [-0.4, -0.2) is 23.7 Å². The van der Waals surface area contributed by atoms with Crippen LogP contribution in [0.5, 0.6) is 5.75 Å². The van der Waals surface area contributed by atoms with E-state index in [2.05, 4.69) is 16.5 Å². The summed E-state index contributed by atoms with van der Waals surface area (Å²) in [6, 6.07) is 8.00. The zero-order valence-corrected chi connectivity index (χ0v) is 12.9. The van der Waals surface area contributed by atoms with Gasteiger partial charge in [-0.1, -0.05) is 23.4 Å². The van der Waals surface area contributed by atoms with Crippen molar-refractivity contribution in [2.75, 3.05) is 6.54 Å². The van der Waals surface area contributed by atoms with Gasteiger partial charge in [0.1, 0.15) is 17.6 Å². The van der Waals surface area contributed by atoms with Gasteiger partial charge in [0.25, 0.3) is 0 Å². The molecule has 1 aliphatic rings. The first-order chi connectivity index (χ1) is 10.6. The van der Waals surface area contributed by atoms with Gasteiger partial charge in [0.05, 0.1) is 12.2 Å². The third kappa shape index (κ3) is 3.13. The van der Waals surface area contributed by atoms with Gasteiger partial charge < -0.3 is 14.6 Å². The van der Waals surface area contributed by atoms with Gasteiger partial charge in [-0.2, -0.15) is 0 Å². The predicted octanol–water partition coefficient (Wildman–Crippen LogP) is 2.34. The number of hydrogen-bond donors (Lipinski definition) is 1. The second-order valence-electron chi connectivity index (χ2n) is 5.66. The van der Waals surface area contributed by atoms with E-state index >= 15 is 0 Å². The lowest BCUT2D eigenvalue weighted by atomic mass is 10.1. The number of nitrogens with zero attached hydrogens (tertiary/aromatic N) is 1. The number of amides is 1. The molecule has 0 aliphatic carbocycles. The zero-order valence-electron chi connectivity index (χ0n) is 12.9. The van der Waals surface area contributed by atoms with Crippen LogP contribution in [0.2, 0.25) is 0 Å². The maximum absolute atomic E-state index is 12.0. The number of ether oxygens (including phenoxy) is 1. The minimum atomic E-state index is 0.0274. The Bertz CT molecular complexity index is 634. The molecule has 1 unspecified atom stereocenters. The topological polar surface area (TPSA) is 64.4 Å². The van der Waals surface area contributed by atoms with Crippen LogP contribution >= 0.6 is 0 Å². The van der Waals surface area contributed by atoms with Crippen LogP contribution in [0.4, 0.5) is 0 Å². The molecule has 5 heteroatoms. The summed E-state index contributed by atoms with van der Waals surface area (Å²) in [5, 5.41) is 6.85.